The molecule has 1 rings (SSSR count). The number of hydrogen-bond donors (Lipinski definition) is 1. The van der Waals surface area contributed by atoms with Crippen molar-refractivity contribution in [1.82, 2.24) is 14.8 Å². The van der Waals surface area contributed by atoms with Gasteiger partial charge in [0, 0.05) is 45.5 Å². The molecule has 0 bridgehead atoms. The summed E-state index contributed by atoms with van der Waals surface area (Å²) in [6.07, 6.45) is 6.40. The largest absolute Gasteiger partial charge is 0.469 e. The molecule has 25 heavy (non-hydrogen) atoms. The van der Waals surface area contributed by atoms with Crippen molar-refractivity contribution in [2.75, 3.05) is 27.2 Å². The minimum absolute atomic E-state index is 0.130. The van der Waals surface area contributed by atoms with Crippen LogP contribution in [-0.2, 0) is 23.1 Å². The van der Waals surface area contributed by atoms with E-state index in [1.807, 2.05) is 30.9 Å². The van der Waals surface area contributed by atoms with Gasteiger partial charge in [-0.2, -0.15) is 0 Å². The second-order valence-corrected chi connectivity index (χ2v) is 6.53. The molecule has 6 nitrogen and oxygen atoms in total. The Balaban J connectivity index is 2.39. The molecule has 0 spiro atoms. The van der Waals surface area contributed by atoms with Gasteiger partial charge < -0.3 is 19.5 Å². The smallest absolute Gasteiger partial charge is 0.305 e. The van der Waals surface area contributed by atoms with Crippen LogP contribution in [0.15, 0.2) is 17.3 Å². The van der Waals surface area contributed by atoms with Crippen LogP contribution in [0, 0.1) is 0 Å². The van der Waals surface area contributed by atoms with Crippen molar-refractivity contribution in [2.45, 2.75) is 45.6 Å². The molecule has 0 saturated carbocycles. The summed E-state index contributed by atoms with van der Waals surface area (Å²) in [6.45, 7) is 4.42. The number of halogens is 1. The van der Waals surface area contributed by atoms with Crippen molar-refractivity contribution in [2.24, 2.45) is 12.0 Å². The summed E-state index contributed by atoms with van der Waals surface area (Å²) in [5.74, 6) is 0.768. The highest BCUT2D eigenvalue weighted by atomic mass is 35.5. The molecule has 1 heterocycles. The van der Waals surface area contributed by atoms with Crippen molar-refractivity contribution in [3.8, 4) is 0 Å². The summed E-state index contributed by atoms with van der Waals surface area (Å²) in [4.78, 5) is 17.8. The highest BCUT2D eigenvalue weighted by Gasteiger charge is 2.09. The maximum absolute atomic E-state index is 11.0. The third-order valence-electron chi connectivity index (χ3n) is 3.95. The lowest BCUT2D eigenvalue weighted by Crippen LogP contribution is -2.38. The summed E-state index contributed by atoms with van der Waals surface area (Å²) < 4.78 is 6.67. The molecular weight excluding hydrogens is 340 g/mol. The Hall–Kier alpha value is -1.69. The fourth-order valence-corrected chi connectivity index (χ4v) is 2.80. The Morgan fingerprint density at radius 1 is 1.36 bits per heavy atom. The van der Waals surface area contributed by atoms with E-state index in [9.17, 15) is 4.79 Å². The predicted octanol–water partition coefficient (Wildman–Crippen LogP) is 3.20. The highest BCUT2D eigenvalue weighted by molar-refractivity contribution is 6.30. The van der Waals surface area contributed by atoms with Crippen LogP contribution in [-0.4, -0.2) is 48.6 Å². The van der Waals surface area contributed by atoms with E-state index in [4.69, 9.17) is 16.6 Å². The van der Waals surface area contributed by atoms with Crippen LogP contribution >= 0.6 is 11.6 Å². The Kier molecular flexibility index (Phi) is 10.1. The molecule has 0 atom stereocenters. The number of aromatic nitrogens is 1. The molecule has 0 radical (unpaired) electrons. The first-order valence-corrected chi connectivity index (χ1v) is 9.22. The average molecular weight is 371 g/mol. The molecule has 0 aliphatic rings. The number of aryl methyl sites for hydroxylation is 1. The number of aliphatic imine (C=N–C) groups is 1. The fraction of sp³-hybridized carbons (Fsp3) is 0.667. The number of nitrogens with zero attached hydrogens (tertiary/aromatic N) is 3. The van der Waals surface area contributed by atoms with E-state index in [-0.39, 0.29) is 5.97 Å². The first-order chi connectivity index (χ1) is 12.0. The molecule has 7 heteroatoms. The van der Waals surface area contributed by atoms with Gasteiger partial charge in [-0.05, 0) is 25.8 Å². The van der Waals surface area contributed by atoms with Crippen LogP contribution in [0.1, 0.15) is 44.7 Å². The van der Waals surface area contributed by atoms with Crippen LogP contribution in [0.3, 0.4) is 0 Å². The van der Waals surface area contributed by atoms with Gasteiger partial charge in [0.15, 0.2) is 5.96 Å². The monoisotopic (exact) mass is 370 g/mol. The molecule has 0 aliphatic carbocycles. The number of nitrogens with one attached hydrogen (secondary N) is 1. The number of hydrogen-bond acceptors (Lipinski definition) is 3. The van der Waals surface area contributed by atoms with E-state index in [1.165, 1.54) is 7.11 Å². The second kappa shape index (κ2) is 11.8. The first kappa shape index (κ1) is 21.4. The molecule has 0 saturated heterocycles. The number of methoxy groups -OCH3 is 1. The molecule has 0 fully saturated rings. The zero-order chi connectivity index (χ0) is 18.7. The molecule has 0 amide bonds. The Morgan fingerprint density at radius 3 is 2.68 bits per heavy atom. The van der Waals surface area contributed by atoms with Gasteiger partial charge in [0.05, 0.1) is 18.7 Å². The summed E-state index contributed by atoms with van der Waals surface area (Å²) >= 11 is 6.05. The average Bonchev–Trinajstić information content (AvgIpc) is 2.89. The van der Waals surface area contributed by atoms with Gasteiger partial charge in [-0.15, -0.1) is 0 Å². The lowest BCUT2D eigenvalue weighted by Gasteiger charge is -2.22. The maximum Gasteiger partial charge on any atom is 0.305 e. The van der Waals surface area contributed by atoms with Gasteiger partial charge in [-0.3, -0.25) is 9.79 Å². The van der Waals surface area contributed by atoms with Crippen molar-refractivity contribution >= 4 is 23.5 Å². The standard InChI is InChI=1S/C18H31ClN4O2/c1-5-20-18(21-11-9-7-6-8-10-17(24)25-4)23(3)14-16-12-15(19)13-22(16)2/h12-13H,5-11,14H2,1-4H3,(H,20,21). The van der Waals surface area contributed by atoms with Crippen molar-refractivity contribution in [1.29, 1.82) is 0 Å². The number of carbonyl (C=O) groups is 1. The number of carbonyl (C=O) groups excluding carboxylic acids is 1. The first-order valence-electron chi connectivity index (χ1n) is 8.85. The third kappa shape index (κ3) is 8.29. The van der Waals surface area contributed by atoms with Crippen LogP contribution < -0.4 is 5.32 Å². The van der Waals surface area contributed by atoms with Crippen LogP contribution in [0.4, 0.5) is 0 Å². The normalized spacial score (nSPS) is 11.5. The molecule has 142 valence electrons. The number of rotatable bonds is 10. The SMILES string of the molecule is CCNC(=NCCCCCCC(=O)OC)N(C)Cc1cc(Cl)cn1C. The van der Waals surface area contributed by atoms with E-state index < -0.39 is 0 Å². The minimum Gasteiger partial charge on any atom is -0.469 e. The molecule has 0 aliphatic heterocycles. The van der Waals surface area contributed by atoms with Gasteiger partial charge >= 0.3 is 5.97 Å². The molecule has 1 N–H and O–H groups in total. The van der Waals surface area contributed by atoms with Crippen molar-refractivity contribution in [3.63, 3.8) is 0 Å². The molecule has 0 aromatic carbocycles. The van der Waals surface area contributed by atoms with E-state index in [0.717, 1.165) is 62.0 Å². The lowest BCUT2D eigenvalue weighted by atomic mass is 10.1. The van der Waals surface area contributed by atoms with Crippen molar-refractivity contribution < 1.29 is 9.53 Å². The summed E-state index contributed by atoms with van der Waals surface area (Å²) in [5.41, 5.74) is 1.14. The maximum atomic E-state index is 11.0. The Bertz CT molecular complexity index is 557. The third-order valence-corrected chi connectivity index (χ3v) is 4.16. The predicted molar refractivity (Wildman–Crippen MR) is 103 cm³/mol. The number of guanidine groups is 1. The van der Waals surface area contributed by atoms with E-state index in [2.05, 4.69) is 21.9 Å². The topological polar surface area (TPSA) is 58.9 Å². The highest BCUT2D eigenvalue weighted by Crippen LogP contribution is 2.14. The van der Waals surface area contributed by atoms with Gasteiger partial charge in [-0.25, -0.2) is 0 Å². The van der Waals surface area contributed by atoms with Gasteiger partial charge in [0.2, 0.25) is 0 Å². The zero-order valence-electron chi connectivity index (χ0n) is 15.8. The number of unbranched alkanes of at least 4 members (excludes halogenated alkanes) is 3. The van der Waals surface area contributed by atoms with Gasteiger partial charge in [0.1, 0.15) is 0 Å². The molecule has 1 aromatic rings. The summed E-state index contributed by atoms with van der Waals surface area (Å²) in [6, 6.07) is 1.98. The van der Waals surface area contributed by atoms with Crippen LogP contribution in [0.25, 0.3) is 0 Å². The minimum atomic E-state index is -0.130. The van der Waals surface area contributed by atoms with Crippen LogP contribution in [0.5, 0.6) is 0 Å². The number of ether oxygens (including phenoxy) is 1. The quantitative estimate of drug-likeness (QED) is 0.297. The second-order valence-electron chi connectivity index (χ2n) is 6.09. The zero-order valence-corrected chi connectivity index (χ0v) is 16.6. The lowest BCUT2D eigenvalue weighted by molar-refractivity contribution is -0.140. The van der Waals surface area contributed by atoms with E-state index >= 15 is 0 Å². The molecular formula is C18H31ClN4O2. The van der Waals surface area contributed by atoms with Gasteiger partial charge in [-0.1, -0.05) is 24.4 Å². The van der Waals surface area contributed by atoms with E-state index in [0.29, 0.717) is 6.42 Å². The van der Waals surface area contributed by atoms with Crippen molar-refractivity contribution in [3.05, 3.63) is 23.0 Å². The Labute approximate surface area is 156 Å². The Morgan fingerprint density at radius 2 is 2.08 bits per heavy atom. The number of esters is 1. The molecule has 0 unspecified atom stereocenters. The van der Waals surface area contributed by atoms with Crippen LogP contribution in [0.2, 0.25) is 5.02 Å². The van der Waals surface area contributed by atoms with E-state index in [1.54, 1.807) is 0 Å². The van der Waals surface area contributed by atoms with Gasteiger partial charge in [0.25, 0.3) is 0 Å². The molecule has 1 aromatic heterocycles. The summed E-state index contributed by atoms with van der Waals surface area (Å²) in [7, 11) is 5.45. The summed E-state index contributed by atoms with van der Waals surface area (Å²) in [5, 5.41) is 4.08. The fourth-order valence-electron chi connectivity index (χ4n) is 2.53.